The van der Waals surface area contributed by atoms with Gasteiger partial charge in [0.1, 0.15) is 10.6 Å². The normalized spacial score (nSPS) is 11.9. The van der Waals surface area contributed by atoms with Gasteiger partial charge in [0, 0.05) is 36.2 Å². The summed E-state index contributed by atoms with van der Waals surface area (Å²) in [6.07, 6.45) is -0.217. The maximum atomic E-state index is 13.3. The molecule has 0 aliphatic heterocycles. The van der Waals surface area contributed by atoms with Crippen LogP contribution in [0.25, 0.3) is 10.9 Å². The fourth-order valence-electron chi connectivity index (χ4n) is 3.49. The maximum Gasteiger partial charge on any atom is 0.433 e. The van der Waals surface area contributed by atoms with Crippen LogP contribution < -0.4 is 10.6 Å². The number of rotatable bonds is 6. The van der Waals surface area contributed by atoms with Crippen molar-refractivity contribution in [3.63, 3.8) is 0 Å². The second kappa shape index (κ2) is 9.61. The lowest BCUT2D eigenvalue weighted by atomic mass is 10.1. The van der Waals surface area contributed by atoms with Crippen LogP contribution in [-0.4, -0.2) is 29.4 Å². The number of hydrogen-bond donors (Lipinski definition) is 2. The largest absolute Gasteiger partial charge is 0.433 e. The van der Waals surface area contributed by atoms with E-state index in [2.05, 4.69) is 20.6 Å². The number of hydrogen-bond acceptors (Lipinski definition) is 6. The quantitative estimate of drug-likeness (QED) is 0.383. The highest BCUT2D eigenvalue weighted by molar-refractivity contribution is 7.90. The monoisotopic (exact) mass is 511 g/mol. The number of nitrogens with zero attached hydrogens (tertiary/aromatic N) is 3. The molecule has 3 heterocycles. The van der Waals surface area contributed by atoms with Crippen LogP contribution in [-0.2, 0) is 22.7 Å². The van der Waals surface area contributed by atoms with Crippen LogP contribution in [0.4, 0.5) is 24.5 Å². The van der Waals surface area contributed by atoms with Gasteiger partial charge in [0.25, 0.3) is 10.0 Å². The van der Waals surface area contributed by atoms with Gasteiger partial charge in [-0.15, -0.1) is 12.4 Å². The van der Waals surface area contributed by atoms with Crippen molar-refractivity contribution in [2.45, 2.75) is 24.5 Å². The van der Waals surface area contributed by atoms with Gasteiger partial charge >= 0.3 is 6.18 Å². The SMILES string of the molecule is CNCc1cn(S(=O)(=O)c2cccnc2)c2cc(Nc3ccc(C(F)(F)F)nc3C)ccc12.Cl. The maximum absolute atomic E-state index is 13.3. The minimum Gasteiger partial charge on any atom is -0.354 e. The molecule has 0 atom stereocenters. The summed E-state index contributed by atoms with van der Waals surface area (Å²) in [5.74, 6) is 0. The molecular formula is C22H21ClF3N5O2S. The Morgan fingerprint density at radius 3 is 2.50 bits per heavy atom. The number of halogens is 4. The Kier molecular flexibility index (Phi) is 7.20. The van der Waals surface area contributed by atoms with Gasteiger partial charge in [0.2, 0.25) is 0 Å². The lowest BCUT2D eigenvalue weighted by Crippen LogP contribution is -2.12. The van der Waals surface area contributed by atoms with Crippen molar-refractivity contribution >= 4 is 44.7 Å². The zero-order valence-corrected chi connectivity index (χ0v) is 19.7. The second-order valence-corrected chi connectivity index (χ2v) is 9.17. The number of fused-ring (bicyclic) bond motifs is 1. The molecule has 12 heteroatoms. The van der Waals surface area contributed by atoms with Crippen LogP contribution in [0.15, 0.2) is 66.0 Å². The van der Waals surface area contributed by atoms with Crippen molar-refractivity contribution in [3.8, 4) is 0 Å². The molecule has 1 aromatic carbocycles. The third-order valence-electron chi connectivity index (χ3n) is 5.07. The smallest absolute Gasteiger partial charge is 0.354 e. The predicted molar refractivity (Wildman–Crippen MR) is 126 cm³/mol. The molecular weight excluding hydrogens is 491 g/mol. The van der Waals surface area contributed by atoms with Crippen molar-refractivity contribution < 1.29 is 21.6 Å². The molecule has 4 aromatic rings. The van der Waals surface area contributed by atoms with Gasteiger partial charge in [-0.2, -0.15) is 13.2 Å². The van der Waals surface area contributed by atoms with Crippen LogP contribution >= 0.6 is 12.4 Å². The first-order chi connectivity index (χ1) is 15.6. The van der Waals surface area contributed by atoms with Crippen molar-refractivity contribution in [2.24, 2.45) is 0 Å². The molecule has 0 saturated heterocycles. The van der Waals surface area contributed by atoms with Crippen molar-refractivity contribution in [2.75, 3.05) is 12.4 Å². The summed E-state index contributed by atoms with van der Waals surface area (Å²) in [4.78, 5) is 7.57. The number of aryl methyl sites for hydroxylation is 1. The number of aromatic nitrogens is 3. The van der Waals surface area contributed by atoms with Gasteiger partial charge in [-0.05, 0) is 55.9 Å². The number of alkyl halides is 3. The summed E-state index contributed by atoms with van der Waals surface area (Å²) in [6, 6.07) is 10.3. The number of nitrogens with one attached hydrogen (secondary N) is 2. The van der Waals surface area contributed by atoms with Gasteiger partial charge in [0.15, 0.2) is 0 Å². The highest BCUT2D eigenvalue weighted by atomic mass is 35.5. The Morgan fingerprint density at radius 2 is 1.88 bits per heavy atom. The van der Waals surface area contributed by atoms with Crippen LogP contribution in [0, 0.1) is 6.92 Å². The summed E-state index contributed by atoms with van der Waals surface area (Å²) in [7, 11) is -2.16. The molecule has 180 valence electrons. The summed E-state index contributed by atoms with van der Waals surface area (Å²) >= 11 is 0. The third-order valence-corrected chi connectivity index (χ3v) is 6.73. The van der Waals surface area contributed by atoms with E-state index < -0.39 is 21.9 Å². The van der Waals surface area contributed by atoms with Crippen LogP contribution in [0.3, 0.4) is 0 Å². The molecule has 0 amide bonds. The minimum absolute atomic E-state index is 0. The third kappa shape index (κ3) is 4.86. The Labute approximate surface area is 200 Å². The van der Waals surface area contributed by atoms with Gasteiger partial charge in [-0.3, -0.25) is 4.98 Å². The van der Waals surface area contributed by atoms with E-state index >= 15 is 0 Å². The molecule has 34 heavy (non-hydrogen) atoms. The molecule has 0 spiro atoms. The molecule has 0 saturated carbocycles. The number of benzene rings is 1. The average molecular weight is 512 g/mol. The summed E-state index contributed by atoms with van der Waals surface area (Å²) < 4.78 is 66.5. The van der Waals surface area contributed by atoms with E-state index in [1.54, 1.807) is 37.5 Å². The van der Waals surface area contributed by atoms with E-state index in [4.69, 9.17) is 0 Å². The van der Waals surface area contributed by atoms with Gasteiger partial charge in [0.05, 0.1) is 16.9 Å². The molecule has 0 bridgehead atoms. The Balaban J connectivity index is 0.00000324. The molecule has 4 rings (SSSR count). The van der Waals surface area contributed by atoms with E-state index in [0.717, 1.165) is 17.0 Å². The van der Waals surface area contributed by atoms with E-state index in [1.807, 2.05) is 0 Å². The molecule has 2 N–H and O–H groups in total. The standard InChI is InChI=1S/C22H20F3N5O2S.ClH/c1-14-19(7-8-21(28-14)22(23,24)25)29-16-5-6-18-15(11-26-2)13-30(20(18)10-16)33(31,32)17-4-3-9-27-12-17;/h3-10,12-13,26,29H,11H2,1-2H3;1H. The van der Waals surface area contributed by atoms with E-state index in [9.17, 15) is 21.6 Å². The van der Waals surface area contributed by atoms with E-state index in [-0.39, 0.29) is 23.0 Å². The molecule has 0 fully saturated rings. The zero-order valence-electron chi connectivity index (χ0n) is 18.1. The number of anilines is 2. The van der Waals surface area contributed by atoms with Crippen molar-refractivity contribution in [1.82, 2.24) is 19.3 Å². The van der Waals surface area contributed by atoms with Gasteiger partial charge in [-0.1, -0.05) is 6.07 Å². The minimum atomic E-state index is -4.53. The highest BCUT2D eigenvalue weighted by Gasteiger charge is 2.32. The van der Waals surface area contributed by atoms with Gasteiger partial charge in [-0.25, -0.2) is 17.4 Å². The predicted octanol–water partition coefficient (Wildman–Crippen LogP) is 4.88. The Bertz CT molecular complexity index is 1420. The molecule has 3 aromatic heterocycles. The molecule has 0 aliphatic rings. The average Bonchev–Trinajstić information content (AvgIpc) is 3.14. The molecule has 0 radical (unpaired) electrons. The Morgan fingerprint density at radius 1 is 1.12 bits per heavy atom. The zero-order chi connectivity index (χ0) is 23.8. The first-order valence-corrected chi connectivity index (χ1v) is 11.3. The van der Waals surface area contributed by atoms with Crippen molar-refractivity contribution in [3.05, 3.63) is 78.0 Å². The first kappa shape index (κ1) is 25.5. The van der Waals surface area contributed by atoms with Crippen LogP contribution in [0.1, 0.15) is 17.0 Å². The van der Waals surface area contributed by atoms with Gasteiger partial charge < -0.3 is 10.6 Å². The first-order valence-electron chi connectivity index (χ1n) is 9.87. The highest BCUT2D eigenvalue weighted by Crippen LogP contribution is 2.32. The summed E-state index contributed by atoms with van der Waals surface area (Å²) in [5.41, 5.74) is 1.27. The number of pyridine rings is 2. The van der Waals surface area contributed by atoms with Crippen LogP contribution in [0.5, 0.6) is 0 Å². The van der Waals surface area contributed by atoms with E-state index in [1.165, 1.54) is 35.4 Å². The molecule has 0 unspecified atom stereocenters. The summed E-state index contributed by atoms with van der Waals surface area (Å²) in [5, 5.41) is 6.79. The fourth-order valence-corrected chi connectivity index (χ4v) is 4.84. The fraction of sp³-hybridized carbons (Fsp3) is 0.182. The molecule has 7 nitrogen and oxygen atoms in total. The lowest BCUT2D eigenvalue weighted by Gasteiger charge is -2.13. The van der Waals surface area contributed by atoms with E-state index in [0.29, 0.717) is 23.4 Å². The summed E-state index contributed by atoms with van der Waals surface area (Å²) in [6.45, 7) is 1.91. The van der Waals surface area contributed by atoms with Crippen molar-refractivity contribution in [1.29, 1.82) is 0 Å². The topological polar surface area (TPSA) is 88.9 Å². The molecule has 0 aliphatic carbocycles. The van der Waals surface area contributed by atoms with Crippen LogP contribution in [0.2, 0.25) is 0 Å². The Hall–Kier alpha value is -3.15. The second-order valence-electron chi connectivity index (χ2n) is 7.36. The lowest BCUT2D eigenvalue weighted by molar-refractivity contribution is -0.141.